The Morgan fingerprint density at radius 2 is 2.05 bits per heavy atom. The summed E-state index contributed by atoms with van der Waals surface area (Å²) in [6.07, 6.45) is 2.03. The number of hydrogen-bond donors (Lipinski definition) is 2. The number of aryl methyl sites for hydroxylation is 1. The third-order valence-electron chi connectivity index (χ3n) is 2.76. The molecule has 0 fully saturated rings. The molecule has 0 radical (unpaired) electrons. The van der Waals surface area contributed by atoms with Crippen LogP contribution in [0.5, 0.6) is 0 Å². The second-order valence-corrected chi connectivity index (χ2v) is 4.95. The summed E-state index contributed by atoms with van der Waals surface area (Å²) in [5, 5.41) is 12.1. The number of anilines is 1. The fourth-order valence-electron chi connectivity index (χ4n) is 1.74. The fraction of sp³-hybridized carbons (Fsp3) is 0.214. The molecule has 0 aliphatic heterocycles. The van der Waals surface area contributed by atoms with Crippen molar-refractivity contribution < 1.29 is 14.3 Å². The number of benzene rings is 1. The minimum Gasteiger partial charge on any atom is -0.478 e. The second kappa shape index (κ2) is 5.84. The number of rotatable bonds is 5. The van der Waals surface area contributed by atoms with Gasteiger partial charge in [0, 0.05) is 10.6 Å². The summed E-state index contributed by atoms with van der Waals surface area (Å²) in [5.41, 5.74) is 1.19. The molecule has 0 saturated heterocycles. The third-order valence-corrected chi connectivity index (χ3v) is 3.50. The SMILES string of the molecule is CSc1ccc(NCc2cc(C(=O)O)c(C)o2)cc1. The molecule has 0 saturated carbocycles. The number of hydrogen-bond acceptors (Lipinski definition) is 4. The van der Waals surface area contributed by atoms with Gasteiger partial charge in [-0.3, -0.25) is 0 Å². The first kappa shape index (κ1) is 13.5. The van der Waals surface area contributed by atoms with Gasteiger partial charge in [0.2, 0.25) is 0 Å². The normalized spacial score (nSPS) is 10.4. The number of furan rings is 1. The van der Waals surface area contributed by atoms with Crippen LogP contribution in [0.2, 0.25) is 0 Å². The minimum atomic E-state index is -0.961. The van der Waals surface area contributed by atoms with Crippen molar-refractivity contribution in [1.29, 1.82) is 0 Å². The van der Waals surface area contributed by atoms with Crippen molar-refractivity contribution in [2.45, 2.75) is 18.4 Å². The van der Waals surface area contributed by atoms with Gasteiger partial charge in [0.15, 0.2) is 0 Å². The van der Waals surface area contributed by atoms with Gasteiger partial charge in [0.1, 0.15) is 17.1 Å². The van der Waals surface area contributed by atoms with Gasteiger partial charge in [-0.2, -0.15) is 0 Å². The van der Waals surface area contributed by atoms with Crippen LogP contribution in [0.4, 0.5) is 5.69 Å². The first-order chi connectivity index (χ1) is 9.10. The molecule has 0 unspecified atom stereocenters. The summed E-state index contributed by atoms with van der Waals surface area (Å²) in [4.78, 5) is 12.1. The van der Waals surface area contributed by atoms with Gasteiger partial charge in [-0.05, 0) is 43.5 Å². The summed E-state index contributed by atoms with van der Waals surface area (Å²) in [7, 11) is 0. The van der Waals surface area contributed by atoms with E-state index in [0.717, 1.165) is 5.69 Å². The zero-order valence-corrected chi connectivity index (χ0v) is 11.6. The molecular weight excluding hydrogens is 262 g/mol. The van der Waals surface area contributed by atoms with E-state index in [9.17, 15) is 4.79 Å². The Morgan fingerprint density at radius 1 is 1.37 bits per heavy atom. The molecule has 0 amide bonds. The highest BCUT2D eigenvalue weighted by atomic mass is 32.2. The van der Waals surface area contributed by atoms with Crippen molar-refractivity contribution >= 4 is 23.4 Å². The Kier molecular flexibility index (Phi) is 4.16. The standard InChI is InChI=1S/C14H15NO3S/c1-9-13(14(16)17)7-11(18-9)8-15-10-3-5-12(19-2)6-4-10/h3-7,15H,8H2,1-2H3,(H,16,17). The monoisotopic (exact) mass is 277 g/mol. The molecule has 2 N–H and O–H groups in total. The lowest BCUT2D eigenvalue weighted by Crippen LogP contribution is -1.98. The average molecular weight is 277 g/mol. The summed E-state index contributed by atoms with van der Waals surface area (Å²) < 4.78 is 5.40. The van der Waals surface area contributed by atoms with Crippen LogP contribution in [0.3, 0.4) is 0 Å². The fourth-order valence-corrected chi connectivity index (χ4v) is 2.15. The van der Waals surface area contributed by atoms with Crippen molar-refractivity contribution in [3.8, 4) is 0 Å². The highest BCUT2D eigenvalue weighted by molar-refractivity contribution is 7.98. The highest BCUT2D eigenvalue weighted by Gasteiger charge is 2.13. The summed E-state index contributed by atoms with van der Waals surface area (Å²) in [6.45, 7) is 2.12. The number of carboxylic acid groups (broad SMARTS) is 1. The average Bonchev–Trinajstić information content (AvgIpc) is 2.78. The van der Waals surface area contributed by atoms with Crippen molar-refractivity contribution in [2.75, 3.05) is 11.6 Å². The van der Waals surface area contributed by atoms with Crippen molar-refractivity contribution in [3.63, 3.8) is 0 Å². The van der Waals surface area contributed by atoms with Gasteiger partial charge >= 0.3 is 5.97 Å². The molecule has 4 nitrogen and oxygen atoms in total. The van der Waals surface area contributed by atoms with Crippen molar-refractivity contribution in [1.82, 2.24) is 0 Å². The molecule has 0 atom stereocenters. The lowest BCUT2D eigenvalue weighted by atomic mass is 10.2. The first-order valence-electron chi connectivity index (χ1n) is 5.80. The van der Waals surface area contributed by atoms with E-state index in [1.165, 1.54) is 4.90 Å². The summed E-state index contributed by atoms with van der Waals surface area (Å²) in [5.74, 6) is 0.0858. The predicted octanol–water partition coefficient (Wildman–Crippen LogP) is 3.62. The van der Waals surface area contributed by atoms with Gasteiger partial charge in [0.25, 0.3) is 0 Å². The van der Waals surface area contributed by atoms with Crippen LogP contribution in [0.15, 0.2) is 39.6 Å². The minimum absolute atomic E-state index is 0.217. The molecule has 1 aromatic heterocycles. The molecule has 0 aliphatic carbocycles. The number of aromatic carboxylic acids is 1. The number of nitrogens with one attached hydrogen (secondary N) is 1. The zero-order chi connectivity index (χ0) is 13.8. The Hall–Kier alpha value is -1.88. The molecule has 2 rings (SSSR count). The van der Waals surface area contributed by atoms with Gasteiger partial charge in [-0.1, -0.05) is 0 Å². The van der Waals surface area contributed by atoms with Crippen LogP contribution >= 0.6 is 11.8 Å². The molecule has 0 aliphatic rings. The molecule has 0 bridgehead atoms. The lowest BCUT2D eigenvalue weighted by Gasteiger charge is -2.04. The predicted molar refractivity (Wildman–Crippen MR) is 76.0 cm³/mol. The van der Waals surface area contributed by atoms with E-state index in [2.05, 4.69) is 5.32 Å². The molecule has 19 heavy (non-hydrogen) atoms. The third kappa shape index (κ3) is 3.32. The second-order valence-electron chi connectivity index (χ2n) is 4.07. The van der Waals surface area contributed by atoms with E-state index in [0.29, 0.717) is 18.1 Å². The number of thioether (sulfide) groups is 1. The largest absolute Gasteiger partial charge is 0.478 e. The lowest BCUT2D eigenvalue weighted by molar-refractivity contribution is 0.0695. The molecule has 1 aromatic carbocycles. The van der Waals surface area contributed by atoms with Crippen LogP contribution in [0, 0.1) is 6.92 Å². The van der Waals surface area contributed by atoms with Crippen LogP contribution < -0.4 is 5.32 Å². The quantitative estimate of drug-likeness (QED) is 0.817. The Balaban J connectivity index is 2.01. The molecule has 0 spiro atoms. The van der Waals surface area contributed by atoms with Gasteiger partial charge < -0.3 is 14.8 Å². The number of carbonyl (C=O) groups is 1. The van der Waals surface area contributed by atoms with Crippen molar-refractivity contribution in [2.24, 2.45) is 0 Å². The zero-order valence-electron chi connectivity index (χ0n) is 10.8. The Morgan fingerprint density at radius 3 is 2.58 bits per heavy atom. The van der Waals surface area contributed by atoms with E-state index < -0.39 is 5.97 Å². The molecule has 100 valence electrons. The van der Waals surface area contributed by atoms with Gasteiger partial charge in [0.05, 0.1) is 6.54 Å². The molecule has 2 aromatic rings. The number of carboxylic acids is 1. The smallest absolute Gasteiger partial charge is 0.339 e. The topological polar surface area (TPSA) is 62.5 Å². The van der Waals surface area contributed by atoms with E-state index in [1.54, 1.807) is 24.8 Å². The van der Waals surface area contributed by atoms with Crippen LogP contribution in [0.1, 0.15) is 21.9 Å². The maximum atomic E-state index is 10.9. The molecule has 1 heterocycles. The summed E-state index contributed by atoms with van der Waals surface area (Å²) >= 11 is 1.69. The van der Waals surface area contributed by atoms with Crippen molar-refractivity contribution in [3.05, 3.63) is 47.4 Å². The van der Waals surface area contributed by atoms with Crippen LogP contribution in [-0.2, 0) is 6.54 Å². The first-order valence-corrected chi connectivity index (χ1v) is 7.03. The van der Waals surface area contributed by atoms with E-state index >= 15 is 0 Å². The molecule has 5 heteroatoms. The highest BCUT2D eigenvalue weighted by Crippen LogP contribution is 2.19. The van der Waals surface area contributed by atoms with Crippen LogP contribution in [-0.4, -0.2) is 17.3 Å². The van der Waals surface area contributed by atoms with Gasteiger partial charge in [-0.25, -0.2) is 4.79 Å². The molecular formula is C14H15NO3S. The Bertz CT molecular complexity index is 575. The maximum Gasteiger partial charge on any atom is 0.339 e. The van der Waals surface area contributed by atoms with Crippen LogP contribution in [0.25, 0.3) is 0 Å². The Labute approximate surface area is 115 Å². The van der Waals surface area contributed by atoms with E-state index in [4.69, 9.17) is 9.52 Å². The van der Waals surface area contributed by atoms with E-state index in [1.807, 2.05) is 30.5 Å². The van der Waals surface area contributed by atoms with Gasteiger partial charge in [-0.15, -0.1) is 11.8 Å². The maximum absolute atomic E-state index is 10.9. The van der Waals surface area contributed by atoms with E-state index in [-0.39, 0.29) is 5.56 Å². The summed E-state index contributed by atoms with van der Waals surface area (Å²) in [6, 6.07) is 9.59.